The standard InChI is InChI=1S/C25H34N2O4S/c1-16(2)20-9-10-22(31-6)23(14-20)32(29,30)27-11-7-8-21(15-27)25(28)26-24-18(4)12-17(3)13-19(24)5/h9-10,12-14,16,21H,7-8,11,15H2,1-6H3,(H,26,28)/t21-/m1/s1. The monoisotopic (exact) mass is 458 g/mol. The van der Waals surface area contributed by atoms with Gasteiger partial charge in [0.05, 0.1) is 13.0 Å². The quantitative estimate of drug-likeness (QED) is 0.676. The van der Waals surface area contributed by atoms with Crippen LogP contribution in [-0.2, 0) is 14.8 Å². The fourth-order valence-electron chi connectivity index (χ4n) is 4.37. The van der Waals surface area contributed by atoms with Crippen LogP contribution in [0.25, 0.3) is 0 Å². The first kappa shape index (κ1) is 24.3. The SMILES string of the molecule is COc1ccc(C(C)C)cc1S(=O)(=O)N1CCC[C@@H](C(=O)Nc2c(C)cc(C)cc2C)C1. The van der Waals surface area contributed by atoms with Gasteiger partial charge in [0, 0.05) is 18.8 Å². The third kappa shape index (κ3) is 4.99. The van der Waals surface area contributed by atoms with E-state index in [0.717, 1.165) is 27.9 Å². The third-order valence-electron chi connectivity index (χ3n) is 6.15. The number of nitrogens with one attached hydrogen (secondary N) is 1. The molecule has 1 heterocycles. The van der Waals surface area contributed by atoms with Gasteiger partial charge in [-0.25, -0.2) is 8.42 Å². The Kier molecular flexibility index (Phi) is 7.30. The topological polar surface area (TPSA) is 75.7 Å². The molecule has 0 spiro atoms. The molecule has 1 N–H and O–H groups in total. The Labute approximate surface area is 192 Å². The predicted molar refractivity (Wildman–Crippen MR) is 128 cm³/mol. The lowest BCUT2D eigenvalue weighted by molar-refractivity contribution is -0.120. The first-order chi connectivity index (χ1) is 15.0. The van der Waals surface area contributed by atoms with Crippen LogP contribution in [0.4, 0.5) is 5.69 Å². The van der Waals surface area contributed by atoms with Crippen molar-refractivity contribution >= 4 is 21.6 Å². The number of amides is 1. The number of anilines is 1. The number of piperidine rings is 1. The summed E-state index contributed by atoms with van der Waals surface area (Å²) in [6.45, 7) is 10.6. The molecule has 7 heteroatoms. The summed E-state index contributed by atoms with van der Waals surface area (Å²) in [7, 11) is -2.32. The van der Waals surface area contributed by atoms with E-state index in [1.807, 2.05) is 52.8 Å². The second kappa shape index (κ2) is 9.63. The van der Waals surface area contributed by atoms with Gasteiger partial charge in [0.25, 0.3) is 0 Å². The molecular formula is C25H34N2O4S. The number of benzene rings is 2. The van der Waals surface area contributed by atoms with E-state index in [9.17, 15) is 13.2 Å². The van der Waals surface area contributed by atoms with Crippen LogP contribution in [0.1, 0.15) is 54.9 Å². The van der Waals surface area contributed by atoms with Crippen LogP contribution in [0.15, 0.2) is 35.2 Å². The Balaban J connectivity index is 1.84. The average Bonchev–Trinajstić information content (AvgIpc) is 2.75. The van der Waals surface area contributed by atoms with E-state index in [0.29, 0.717) is 25.1 Å². The molecule has 1 fully saturated rings. The molecule has 0 aliphatic carbocycles. The highest BCUT2D eigenvalue weighted by molar-refractivity contribution is 7.89. The molecule has 1 atom stereocenters. The van der Waals surface area contributed by atoms with E-state index in [4.69, 9.17) is 4.74 Å². The summed E-state index contributed by atoms with van der Waals surface area (Å²) in [5.41, 5.74) is 4.90. The zero-order chi connectivity index (χ0) is 23.6. The van der Waals surface area contributed by atoms with Gasteiger partial charge in [-0.05, 0) is 68.4 Å². The molecule has 32 heavy (non-hydrogen) atoms. The van der Waals surface area contributed by atoms with Crippen molar-refractivity contribution in [2.45, 2.75) is 58.3 Å². The second-order valence-corrected chi connectivity index (χ2v) is 10.9. The van der Waals surface area contributed by atoms with Crippen molar-refractivity contribution in [2.75, 3.05) is 25.5 Å². The molecule has 0 radical (unpaired) electrons. The van der Waals surface area contributed by atoms with Gasteiger partial charge in [-0.15, -0.1) is 0 Å². The summed E-state index contributed by atoms with van der Waals surface area (Å²) in [5.74, 6) is -0.0247. The summed E-state index contributed by atoms with van der Waals surface area (Å²) in [5, 5.41) is 3.05. The highest BCUT2D eigenvalue weighted by Crippen LogP contribution is 2.33. The van der Waals surface area contributed by atoms with E-state index in [-0.39, 0.29) is 23.3 Å². The van der Waals surface area contributed by atoms with Crippen molar-refractivity contribution in [3.8, 4) is 5.75 Å². The van der Waals surface area contributed by atoms with Crippen molar-refractivity contribution in [1.29, 1.82) is 0 Å². The third-order valence-corrected chi connectivity index (χ3v) is 8.04. The highest BCUT2D eigenvalue weighted by atomic mass is 32.2. The highest BCUT2D eigenvalue weighted by Gasteiger charge is 2.35. The minimum absolute atomic E-state index is 0.136. The summed E-state index contributed by atoms with van der Waals surface area (Å²) in [6.07, 6.45) is 1.29. The molecule has 1 amide bonds. The lowest BCUT2D eigenvalue weighted by atomic mass is 9.98. The Morgan fingerprint density at radius 3 is 2.38 bits per heavy atom. The number of hydrogen-bond acceptors (Lipinski definition) is 4. The second-order valence-electron chi connectivity index (χ2n) is 9.03. The van der Waals surface area contributed by atoms with Crippen LogP contribution >= 0.6 is 0 Å². The van der Waals surface area contributed by atoms with Gasteiger partial charge in [0.15, 0.2) is 0 Å². The van der Waals surface area contributed by atoms with Crippen LogP contribution in [0.3, 0.4) is 0 Å². The maximum atomic E-state index is 13.5. The maximum absolute atomic E-state index is 13.5. The lowest BCUT2D eigenvalue weighted by Gasteiger charge is -2.32. The summed E-state index contributed by atoms with van der Waals surface area (Å²) < 4.78 is 33.8. The minimum Gasteiger partial charge on any atom is -0.495 e. The van der Waals surface area contributed by atoms with Gasteiger partial charge in [-0.2, -0.15) is 4.31 Å². The van der Waals surface area contributed by atoms with E-state index < -0.39 is 15.9 Å². The molecule has 1 saturated heterocycles. The molecule has 3 rings (SSSR count). The number of carbonyl (C=O) groups is 1. The molecule has 0 saturated carbocycles. The molecule has 2 aromatic carbocycles. The van der Waals surface area contributed by atoms with Crippen molar-refractivity contribution < 1.29 is 17.9 Å². The van der Waals surface area contributed by atoms with Crippen LogP contribution < -0.4 is 10.1 Å². The van der Waals surface area contributed by atoms with Crippen molar-refractivity contribution in [3.05, 3.63) is 52.6 Å². The van der Waals surface area contributed by atoms with Gasteiger partial charge in [0.2, 0.25) is 15.9 Å². The Bertz CT molecular complexity index is 1090. The summed E-state index contributed by atoms with van der Waals surface area (Å²) in [4.78, 5) is 13.2. The Hall–Kier alpha value is -2.38. The zero-order valence-corrected chi connectivity index (χ0v) is 20.7. The Morgan fingerprint density at radius 2 is 1.78 bits per heavy atom. The fraction of sp³-hybridized carbons (Fsp3) is 0.480. The normalized spacial score (nSPS) is 17.4. The summed E-state index contributed by atoms with van der Waals surface area (Å²) in [6, 6.07) is 9.37. The fourth-order valence-corrected chi connectivity index (χ4v) is 6.08. The summed E-state index contributed by atoms with van der Waals surface area (Å²) >= 11 is 0. The van der Waals surface area contributed by atoms with Gasteiger partial charge in [-0.3, -0.25) is 4.79 Å². The van der Waals surface area contributed by atoms with Crippen LogP contribution in [-0.4, -0.2) is 38.8 Å². The Morgan fingerprint density at radius 1 is 1.12 bits per heavy atom. The zero-order valence-electron chi connectivity index (χ0n) is 19.9. The van der Waals surface area contributed by atoms with Gasteiger partial charge >= 0.3 is 0 Å². The number of methoxy groups -OCH3 is 1. The van der Waals surface area contributed by atoms with Crippen LogP contribution in [0, 0.1) is 26.7 Å². The van der Waals surface area contributed by atoms with Crippen LogP contribution in [0.5, 0.6) is 5.75 Å². The number of sulfonamides is 1. The molecular weight excluding hydrogens is 424 g/mol. The van der Waals surface area contributed by atoms with E-state index in [1.165, 1.54) is 11.4 Å². The van der Waals surface area contributed by atoms with Crippen molar-refractivity contribution in [2.24, 2.45) is 5.92 Å². The van der Waals surface area contributed by atoms with Gasteiger partial charge < -0.3 is 10.1 Å². The number of rotatable bonds is 6. The molecule has 0 aromatic heterocycles. The molecule has 0 bridgehead atoms. The molecule has 0 unspecified atom stereocenters. The molecule has 1 aliphatic rings. The lowest BCUT2D eigenvalue weighted by Crippen LogP contribution is -2.43. The van der Waals surface area contributed by atoms with Gasteiger partial charge in [-0.1, -0.05) is 37.6 Å². The van der Waals surface area contributed by atoms with Crippen molar-refractivity contribution in [3.63, 3.8) is 0 Å². The molecule has 6 nitrogen and oxygen atoms in total. The molecule has 1 aliphatic heterocycles. The first-order valence-electron chi connectivity index (χ1n) is 11.1. The number of ether oxygens (including phenoxy) is 1. The smallest absolute Gasteiger partial charge is 0.246 e. The average molecular weight is 459 g/mol. The first-order valence-corrected chi connectivity index (χ1v) is 12.6. The maximum Gasteiger partial charge on any atom is 0.246 e. The number of aryl methyl sites for hydroxylation is 3. The van der Waals surface area contributed by atoms with E-state index >= 15 is 0 Å². The van der Waals surface area contributed by atoms with E-state index in [1.54, 1.807) is 12.1 Å². The van der Waals surface area contributed by atoms with Gasteiger partial charge in [0.1, 0.15) is 10.6 Å². The minimum atomic E-state index is -3.79. The van der Waals surface area contributed by atoms with Crippen LogP contribution in [0.2, 0.25) is 0 Å². The largest absolute Gasteiger partial charge is 0.495 e. The number of hydrogen-bond donors (Lipinski definition) is 1. The van der Waals surface area contributed by atoms with E-state index in [2.05, 4.69) is 5.32 Å². The van der Waals surface area contributed by atoms with Crippen molar-refractivity contribution in [1.82, 2.24) is 4.31 Å². The number of carbonyl (C=O) groups excluding carboxylic acids is 1. The molecule has 2 aromatic rings. The predicted octanol–water partition coefficient (Wildman–Crippen LogP) is 4.78. The molecule has 174 valence electrons. The number of nitrogens with zero attached hydrogens (tertiary/aromatic N) is 1.